The van der Waals surface area contributed by atoms with Crippen molar-refractivity contribution in [2.24, 2.45) is 5.92 Å². The third kappa shape index (κ3) is 7.41. The van der Waals surface area contributed by atoms with E-state index >= 15 is 0 Å². The minimum absolute atomic E-state index is 0.0535. The Hall–Kier alpha value is -0.870. The lowest BCUT2D eigenvalue weighted by molar-refractivity contribution is -0.188. The molecule has 0 aromatic heterocycles. The average molecular weight is 346 g/mol. The maximum absolute atomic E-state index is 12.1. The van der Waals surface area contributed by atoms with Crippen LogP contribution >= 0.6 is 0 Å². The summed E-state index contributed by atoms with van der Waals surface area (Å²) in [6.07, 6.45) is -3.18. The molecule has 2 unspecified atom stereocenters. The van der Waals surface area contributed by atoms with Crippen LogP contribution in [-0.4, -0.2) is 64.0 Å². The maximum atomic E-state index is 12.1. The molecule has 6 nitrogen and oxygen atoms in total. The zero-order chi connectivity index (χ0) is 17.0. The Morgan fingerprint density at radius 3 is 2.64 bits per heavy atom. The van der Waals surface area contributed by atoms with Gasteiger partial charge in [-0.25, -0.2) is 13.1 Å². The summed E-state index contributed by atoms with van der Waals surface area (Å²) in [7, 11) is -3.31. The molecule has 0 bridgehead atoms. The van der Waals surface area contributed by atoms with E-state index in [0.717, 1.165) is 12.7 Å². The van der Waals surface area contributed by atoms with E-state index in [1.54, 1.807) is 0 Å². The molecule has 1 saturated heterocycles. The summed E-state index contributed by atoms with van der Waals surface area (Å²) < 4.78 is 65.3. The van der Waals surface area contributed by atoms with Gasteiger partial charge in [-0.2, -0.15) is 13.2 Å². The first-order valence-corrected chi connectivity index (χ1v) is 8.79. The highest BCUT2D eigenvalue weighted by Gasteiger charge is 2.32. The highest BCUT2D eigenvalue weighted by Crippen LogP contribution is 2.19. The van der Waals surface area contributed by atoms with E-state index < -0.39 is 34.8 Å². The average Bonchev–Trinajstić information content (AvgIpc) is 2.40. The predicted octanol–water partition coefficient (Wildman–Crippen LogP) is 0.742. The molecule has 0 saturated carbocycles. The van der Waals surface area contributed by atoms with Gasteiger partial charge in [-0.1, -0.05) is 0 Å². The quantitative estimate of drug-likeness (QED) is 0.770. The van der Waals surface area contributed by atoms with Gasteiger partial charge in [-0.15, -0.1) is 0 Å². The summed E-state index contributed by atoms with van der Waals surface area (Å²) in [5.41, 5.74) is 0. The molecule has 1 fully saturated rings. The zero-order valence-electron chi connectivity index (χ0n) is 12.5. The van der Waals surface area contributed by atoms with Crippen molar-refractivity contribution in [1.82, 2.24) is 9.62 Å². The van der Waals surface area contributed by atoms with E-state index in [4.69, 9.17) is 0 Å². The molecule has 0 aromatic carbocycles. The Labute approximate surface area is 128 Å². The van der Waals surface area contributed by atoms with Gasteiger partial charge in [0.1, 0.15) is 12.7 Å². The zero-order valence-corrected chi connectivity index (χ0v) is 13.3. The van der Waals surface area contributed by atoms with Gasteiger partial charge in [0.25, 0.3) is 5.91 Å². The fourth-order valence-corrected chi connectivity index (χ4v) is 2.79. The largest absolute Gasteiger partial charge is 0.411 e. The Kier molecular flexibility index (Phi) is 6.63. The molecule has 1 rings (SSSR count). The van der Waals surface area contributed by atoms with Crippen LogP contribution < -0.4 is 4.72 Å². The van der Waals surface area contributed by atoms with Crippen LogP contribution in [0.2, 0.25) is 0 Å². The third-order valence-corrected chi connectivity index (χ3v) is 4.00. The van der Waals surface area contributed by atoms with Crippen molar-refractivity contribution in [3.8, 4) is 0 Å². The molecule has 22 heavy (non-hydrogen) atoms. The van der Waals surface area contributed by atoms with Gasteiger partial charge < -0.3 is 9.64 Å². The number of ether oxygens (including phenoxy) is 1. The number of nitrogens with one attached hydrogen (secondary N) is 1. The van der Waals surface area contributed by atoms with Gasteiger partial charge >= 0.3 is 6.18 Å². The second kappa shape index (κ2) is 7.60. The third-order valence-electron chi connectivity index (χ3n) is 3.31. The summed E-state index contributed by atoms with van der Waals surface area (Å²) in [6.45, 7) is 0.772. The summed E-state index contributed by atoms with van der Waals surface area (Å²) in [5, 5.41) is 0. The van der Waals surface area contributed by atoms with Crippen molar-refractivity contribution in [3.05, 3.63) is 0 Å². The Morgan fingerprint density at radius 1 is 1.45 bits per heavy atom. The molecule has 0 aliphatic carbocycles. The van der Waals surface area contributed by atoms with Crippen molar-refractivity contribution in [1.29, 1.82) is 0 Å². The van der Waals surface area contributed by atoms with Gasteiger partial charge in [0.15, 0.2) is 0 Å². The first-order chi connectivity index (χ1) is 9.98. The van der Waals surface area contributed by atoms with Crippen molar-refractivity contribution >= 4 is 15.9 Å². The Bertz CT molecular complexity index is 481. The fraction of sp³-hybridized carbons (Fsp3) is 0.917. The second-order valence-electron chi connectivity index (χ2n) is 5.48. The Balaban J connectivity index is 2.48. The molecule has 2 atom stereocenters. The molecule has 1 heterocycles. The Morgan fingerprint density at radius 2 is 2.09 bits per heavy atom. The van der Waals surface area contributed by atoms with Gasteiger partial charge in [0.05, 0.1) is 6.26 Å². The van der Waals surface area contributed by atoms with Crippen LogP contribution in [0.5, 0.6) is 0 Å². The molecule has 1 N–H and O–H groups in total. The molecule has 130 valence electrons. The number of piperidine rings is 1. The standard InChI is InChI=1S/C12H21F3N2O4S/c1-9(21-8-12(13,14)15)11(18)17-5-3-4-10(7-17)6-16-22(2,19)20/h9-10,16H,3-8H2,1-2H3. The molecule has 0 aromatic rings. The lowest BCUT2D eigenvalue weighted by Crippen LogP contribution is -2.47. The summed E-state index contributed by atoms with van der Waals surface area (Å²) in [4.78, 5) is 13.5. The summed E-state index contributed by atoms with van der Waals surface area (Å²) in [5.74, 6) is -0.560. The number of hydrogen-bond acceptors (Lipinski definition) is 4. The summed E-state index contributed by atoms with van der Waals surface area (Å²) in [6, 6.07) is 0. The van der Waals surface area contributed by atoms with Gasteiger partial charge in [-0.3, -0.25) is 4.79 Å². The smallest absolute Gasteiger partial charge is 0.359 e. The number of rotatable bonds is 6. The van der Waals surface area contributed by atoms with Crippen molar-refractivity contribution < 1.29 is 31.1 Å². The molecule has 0 spiro atoms. The number of hydrogen-bond donors (Lipinski definition) is 1. The SMILES string of the molecule is CC(OCC(F)(F)F)C(=O)N1CCCC(CNS(C)(=O)=O)C1. The highest BCUT2D eigenvalue weighted by molar-refractivity contribution is 7.88. The minimum Gasteiger partial charge on any atom is -0.359 e. The van der Waals surface area contributed by atoms with Gasteiger partial charge in [0.2, 0.25) is 10.0 Å². The number of halogens is 3. The molecular formula is C12H21F3N2O4S. The number of carbonyl (C=O) groups excluding carboxylic acids is 1. The van der Waals surface area contributed by atoms with Crippen molar-refractivity contribution in [3.63, 3.8) is 0 Å². The fourth-order valence-electron chi connectivity index (χ4n) is 2.25. The lowest BCUT2D eigenvalue weighted by Gasteiger charge is -2.34. The second-order valence-corrected chi connectivity index (χ2v) is 7.31. The van der Waals surface area contributed by atoms with Crippen LogP contribution in [-0.2, 0) is 19.6 Å². The number of carbonyl (C=O) groups is 1. The minimum atomic E-state index is -4.47. The monoisotopic (exact) mass is 346 g/mol. The van der Waals surface area contributed by atoms with Gasteiger partial charge in [0, 0.05) is 19.6 Å². The van der Waals surface area contributed by atoms with Crippen molar-refractivity contribution in [2.75, 3.05) is 32.5 Å². The first kappa shape index (κ1) is 19.2. The van der Waals surface area contributed by atoms with Gasteiger partial charge in [-0.05, 0) is 25.7 Å². The number of likely N-dealkylation sites (tertiary alicyclic amines) is 1. The molecule has 1 aliphatic rings. The molecule has 0 radical (unpaired) electrons. The van der Waals surface area contributed by atoms with Crippen LogP contribution in [0.3, 0.4) is 0 Å². The first-order valence-electron chi connectivity index (χ1n) is 6.90. The topological polar surface area (TPSA) is 75.7 Å². The maximum Gasteiger partial charge on any atom is 0.411 e. The lowest BCUT2D eigenvalue weighted by atomic mass is 9.98. The van der Waals surface area contributed by atoms with Crippen LogP contribution in [0.15, 0.2) is 0 Å². The van der Waals surface area contributed by atoms with E-state index in [-0.39, 0.29) is 12.5 Å². The van der Waals surface area contributed by atoms with Crippen molar-refractivity contribution in [2.45, 2.75) is 32.0 Å². The van der Waals surface area contributed by atoms with E-state index in [9.17, 15) is 26.4 Å². The molecule has 1 amide bonds. The van der Waals surface area contributed by atoms with Crippen LogP contribution in [0, 0.1) is 5.92 Å². The highest BCUT2D eigenvalue weighted by atomic mass is 32.2. The van der Waals surface area contributed by atoms with E-state index in [0.29, 0.717) is 19.5 Å². The number of nitrogens with zero attached hydrogens (tertiary/aromatic N) is 1. The van der Waals surface area contributed by atoms with Crippen LogP contribution in [0.25, 0.3) is 0 Å². The number of sulfonamides is 1. The normalized spacial score (nSPS) is 21.7. The van der Waals surface area contributed by atoms with E-state index in [2.05, 4.69) is 9.46 Å². The number of amides is 1. The van der Waals surface area contributed by atoms with E-state index in [1.165, 1.54) is 11.8 Å². The number of alkyl halides is 3. The van der Waals surface area contributed by atoms with E-state index in [1.807, 2.05) is 0 Å². The summed E-state index contributed by atoms with van der Waals surface area (Å²) >= 11 is 0. The predicted molar refractivity (Wildman–Crippen MR) is 73.6 cm³/mol. The molecule has 1 aliphatic heterocycles. The van der Waals surface area contributed by atoms with Crippen LogP contribution in [0.4, 0.5) is 13.2 Å². The molecular weight excluding hydrogens is 325 g/mol. The van der Waals surface area contributed by atoms with Crippen LogP contribution in [0.1, 0.15) is 19.8 Å². The molecule has 10 heteroatoms.